The lowest BCUT2D eigenvalue weighted by Crippen LogP contribution is -2.15. The third-order valence-electron chi connectivity index (χ3n) is 4.31. The number of nitrogens with one attached hydrogen (secondary N) is 2. The van der Waals surface area contributed by atoms with Crippen LogP contribution in [0, 0.1) is 0 Å². The van der Waals surface area contributed by atoms with Crippen molar-refractivity contribution in [3.63, 3.8) is 0 Å². The molecule has 0 saturated carbocycles. The Labute approximate surface area is 192 Å². The van der Waals surface area contributed by atoms with Crippen molar-refractivity contribution in [1.82, 2.24) is 9.97 Å². The van der Waals surface area contributed by atoms with Crippen LogP contribution in [0.1, 0.15) is 17.3 Å². The van der Waals surface area contributed by atoms with Gasteiger partial charge >= 0.3 is 0 Å². The lowest BCUT2D eigenvalue weighted by atomic mass is 10.2. The number of hydrogen-bond acceptors (Lipinski definition) is 8. The minimum atomic E-state index is -3.89. The molecule has 0 bridgehead atoms. The molecule has 0 unspecified atom stereocenters. The van der Waals surface area contributed by atoms with Gasteiger partial charge in [0.2, 0.25) is 5.88 Å². The van der Waals surface area contributed by atoms with Gasteiger partial charge in [-0.3, -0.25) is 9.52 Å². The van der Waals surface area contributed by atoms with Crippen LogP contribution in [0.5, 0.6) is 11.6 Å². The fourth-order valence-corrected chi connectivity index (χ4v) is 3.71. The molecule has 2 aromatic carbocycles. The molecule has 0 aliphatic carbocycles. The summed E-state index contributed by atoms with van der Waals surface area (Å²) in [5.74, 6) is 0.496. The Balaban J connectivity index is 1.63. The van der Waals surface area contributed by atoms with Gasteiger partial charge in [0.1, 0.15) is 24.5 Å². The van der Waals surface area contributed by atoms with Crippen LogP contribution in [0.15, 0.2) is 65.8 Å². The molecule has 0 aliphatic rings. The molecular formula is C22H24N4O6S. The molecule has 2 N–H and O–H groups in total. The van der Waals surface area contributed by atoms with E-state index in [1.165, 1.54) is 43.8 Å². The van der Waals surface area contributed by atoms with E-state index >= 15 is 0 Å². The third kappa shape index (κ3) is 6.89. The van der Waals surface area contributed by atoms with Gasteiger partial charge in [0.05, 0.1) is 18.6 Å². The van der Waals surface area contributed by atoms with Crippen molar-refractivity contribution in [2.75, 3.05) is 37.0 Å². The Bertz CT molecular complexity index is 1190. The Morgan fingerprint density at radius 3 is 2.55 bits per heavy atom. The van der Waals surface area contributed by atoms with Crippen molar-refractivity contribution < 1.29 is 27.4 Å². The van der Waals surface area contributed by atoms with E-state index < -0.39 is 10.0 Å². The summed E-state index contributed by atoms with van der Waals surface area (Å²) < 4.78 is 43.3. The SMILES string of the molecule is CCOCCOc1cccc(C(=O)Nc2ccc(S(=O)(=O)Nc3cc(OC)ncn3)cc2)c1. The van der Waals surface area contributed by atoms with Gasteiger partial charge in [0.25, 0.3) is 15.9 Å². The number of aromatic nitrogens is 2. The minimum absolute atomic E-state index is 0.00257. The van der Waals surface area contributed by atoms with Gasteiger partial charge in [-0.25, -0.2) is 18.4 Å². The van der Waals surface area contributed by atoms with E-state index in [4.69, 9.17) is 14.2 Å². The van der Waals surface area contributed by atoms with Gasteiger partial charge < -0.3 is 19.5 Å². The van der Waals surface area contributed by atoms with Crippen molar-refractivity contribution in [2.24, 2.45) is 0 Å². The summed E-state index contributed by atoms with van der Waals surface area (Å²) in [6, 6.07) is 13.9. The molecule has 174 valence electrons. The predicted molar refractivity (Wildman–Crippen MR) is 122 cm³/mol. The van der Waals surface area contributed by atoms with Gasteiger partial charge in [0, 0.05) is 23.9 Å². The molecule has 0 spiro atoms. The molecule has 0 radical (unpaired) electrons. The van der Waals surface area contributed by atoms with Crippen LogP contribution in [0.25, 0.3) is 0 Å². The average Bonchev–Trinajstić information content (AvgIpc) is 2.82. The van der Waals surface area contributed by atoms with Gasteiger partial charge in [-0.2, -0.15) is 0 Å². The molecule has 3 rings (SSSR count). The van der Waals surface area contributed by atoms with Crippen LogP contribution in [0.2, 0.25) is 0 Å². The first kappa shape index (κ1) is 24.0. The number of carbonyl (C=O) groups excluding carboxylic acids is 1. The van der Waals surface area contributed by atoms with E-state index in [0.717, 1.165) is 0 Å². The van der Waals surface area contributed by atoms with E-state index in [9.17, 15) is 13.2 Å². The molecule has 11 heteroatoms. The zero-order chi connectivity index (χ0) is 23.7. The van der Waals surface area contributed by atoms with Crippen LogP contribution in [-0.2, 0) is 14.8 Å². The van der Waals surface area contributed by atoms with Crippen molar-refractivity contribution in [1.29, 1.82) is 0 Å². The minimum Gasteiger partial charge on any atom is -0.491 e. The molecule has 0 saturated heterocycles. The highest BCUT2D eigenvalue weighted by molar-refractivity contribution is 7.92. The fourth-order valence-electron chi connectivity index (χ4n) is 2.71. The number of hydrogen-bond donors (Lipinski definition) is 2. The highest BCUT2D eigenvalue weighted by Gasteiger charge is 2.16. The fraction of sp³-hybridized carbons (Fsp3) is 0.227. The number of amides is 1. The van der Waals surface area contributed by atoms with E-state index in [0.29, 0.717) is 36.8 Å². The molecule has 0 aliphatic heterocycles. The molecule has 0 atom stereocenters. The smallest absolute Gasteiger partial charge is 0.263 e. The number of methoxy groups -OCH3 is 1. The highest BCUT2D eigenvalue weighted by atomic mass is 32.2. The van der Waals surface area contributed by atoms with Crippen LogP contribution >= 0.6 is 0 Å². The number of carbonyl (C=O) groups is 1. The quantitative estimate of drug-likeness (QED) is 0.408. The predicted octanol–water partition coefficient (Wildman–Crippen LogP) is 2.95. The summed E-state index contributed by atoms with van der Waals surface area (Å²) in [4.78, 5) is 20.3. The lowest BCUT2D eigenvalue weighted by molar-refractivity contribution is 0.102. The highest BCUT2D eigenvalue weighted by Crippen LogP contribution is 2.20. The number of ether oxygens (including phenoxy) is 3. The van der Waals surface area contributed by atoms with Crippen LogP contribution in [0.3, 0.4) is 0 Å². The summed E-state index contributed by atoms with van der Waals surface area (Å²) in [5.41, 5.74) is 0.838. The normalized spacial score (nSPS) is 11.0. The van der Waals surface area contributed by atoms with E-state index in [1.54, 1.807) is 24.3 Å². The number of rotatable bonds is 11. The molecule has 3 aromatic rings. The summed E-state index contributed by atoms with van der Waals surface area (Å²) >= 11 is 0. The Morgan fingerprint density at radius 2 is 1.82 bits per heavy atom. The summed E-state index contributed by atoms with van der Waals surface area (Å²) in [7, 11) is -2.47. The van der Waals surface area contributed by atoms with Crippen molar-refractivity contribution in [3.8, 4) is 11.6 Å². The average molecular weight is 473 g/mol. The molecule has 1 amide bonds. The van der Waals surface area contributed by atoms with Crippen molar-refractivity contribution >= 4 is 27.4 Å². The Kier molecular flexibility index (Phi) is 8.17. The zero-order valence-corrected chi connectivity index (χ0v) is 19.0. The summed E-state index contributed by atoms with van der Waals surface area (Å²) in [6.07, 6.45) is 1.19. The number of benzene rings is 2. The van der Waals surface area contributed by atoms with Gasteiger partial charge in [0.15, 0.2) is 0 Å². The second-order valence-electron chi connectivity index (χ2n) is 6.60. The first-order valence-electron chi connectivity index (χ1n) is 10.0. The maximum atomic E-state index is 12.6. The van der Waals surface area contributed by atoms with Crippen LogP contribution < -0.4 is 19.5 Å². The molecule has 33 heavy (non-hydrogen) atoms. The topological polar surface area (TPSA) is 129 Å². The summed E-state index contributed by atoms with van der Waals surface area (Å²) in [6.45, 7) is 3.35. The molecule has 10 nitrogen and oxygen atoms in total. The second-order valence-corrected chi connectivity index (χ2v) is 8.29. The van der Waals surface area contributed by atoms with Gasteiger partial charge in [-0.05, 0) is 49.4 Å². The first-order valence-corrected chi connectivity index (χ1v) is 11.5. The first-order chi connectivity index (χ1) is 15.9. The Hall–Kier alpha value is -3.70. The van der Waals surface area contributed by atoms with Crippen LogP contribution in [0.4, 0.5) is 11.5 Å². The maximum absolute atomic E-state index is 12.6. The summed E-state index contributed by atoms with van der Waals surface area (Å²) in [5, 5.41) is 2.73. The second kappa shape index (κ2) is 11.2. The largest absolute Gasteiger partial charge is 0.491 e. The molecule has 1 heterocycles. The van der Waals surface area contributed by atoms with Crippen molar-refractivity contribution in [2.45, 2.75) is 11.8 Å². The maximum Gasteiger partial charge on any atom is 0.263 e. The monoisotopic (exact) mass is 472 g/mol. The van der Waals surface area contributed by atoms with Gasteiger partial charge in [-0.1, -0.05) is 6.07 Å². The zero-order valence-electron chi connectivity index (χ0n) is 18.1. The number of nitrogens with zero attached hydrogens (tertiary/aromatic N) is 2. The standard InChI is InChI=1S/C22H24N4O6S/c1-3-31-11-12-32-18-6-4-5-16(13-18)22(27)25-17-7-9-19(10-8-17)33(28,29)26-20-14-21(30-2)24-15-23-20/h4-10,13-15H,3,11-12H2,1-2H3,(H,25,27)(H,23,24,26). The van der Waals surface area contributed by atoms with Gasteiger partial charge in [-0.15, -0.1) is 0 Å². The number of sulfonamides is 1. The molecule has 1 aromatic heterocycles. The van der Waals surface area contributed by atoms with E-state index in [2.05, 4.69) is 20.0 Å². The van der Waals surface area contributed by atoms with E-state index in [1.807, 2.05) is 6.92 Å². The van der Waals surface area contributed by atoms with E-state index in [-0.39, 0.29) is 22.5 Å². The molecule has 0 fully saturated rings. The Morgan fingerprint density at radius 1 is 1.03 bits per heavy atom. The lowest BCUT2D eigenvalue weighted by Gasteiger charge is -2.10. The molecular weight excluding hydrogens is 448 g/mol. The third-order valence-corrected chi connectivity index (χ3v) is 5.68. The van der Waals surface area contributed by atoms with Crippen LogP contribution in [-0.4, -0.2) is 51.2 Å². The van der Waals surface area contributed by atoms with Crippen molar-refractivity contribution in [3.05, 3.63) is 66.5 Å². The number of anilines is 2.